The molecule has 0 aliphatic heterocycles. The number of hydrogen-bond acceptors (Lipinski definition) is 2. The number of benzene rings is 1. The van der Waals surface area contributed by atoms with Crippen LogP contribution in [0.4, 0.5) is 4.39 Å². The number of pyridine rings is 1. The van der Waals surface area contributed by atoms with Crippen molar-refractivity contribution in [1.29, 1.82) is 0 Å². The van der Waals surface area contributed by atoms with Crippen molar-refractivity contribution in [3.63, 3.8) is 0 Å². The van der Waals surface area contributed by atoms with Gasteiger partial charge in [0, 0.05) is 16.8 Å². The highest BCUT2D eigenvalue weighted by Gasteiger charge is 2.08. The topological polar surface area (TPSA) is 48.0 Å². The SMILES string of the molecule is NC(=S)c1cccn(Cc2cc(Cl)ccc2F)c1=O. The minimum Gasteiger partial charge on any atom is -0.389 e. The lowest BCUT2D eigenvalue weighted by Gasteiger charge is -2.08. The zero-order chi connectivity index (χ0) is 14.0. The average molecular weight is 297 g/mol. The fraction of sp³-hybridized carbons (Fsp3) is 0.0769. The summed E-state index contributed by atoms with van der Waals surface area (Å²) in [6.07, 6.45) is 1.55. The molecule has 0 saturated carbocycles. The Morgan fingerprint density at radius 3 is 2.84 bits per heavy atom. The normalized spacial score (nSPS) is 10.4. The summed E-state index contributed by atoms with van der Waals surface area (Å²) in [5, 5.41) is 0.412. The molecule has 0 spiro atoms. The molecule has 19 heavy (non-hydrogen) atoms. The third kappa shape index (κ3) is 3.00. The van der Waals surface area contributed by atoms with Gasteiger partial charge in [-0.05, 0) is 30.3 Å². The molecule has 3 nitrogen and oxygen atoms in total. The lowest BCUT2D eigenvalue weighted by molar-refractivity contribution is 0.596. The van der Waals surface area contributed by atoms with Gasteiger partial charge in [0.25, 0.3) is 5.56 Å². The minimum absolute atomic E-state index is 0.0194. The molecule has 2 rings (SSSR count). The second-order valence-corrected chi connectivity index (χ2v) is 4.83. The van der Waals surface area contributed by atoms with Gasteiger partial charge in [-0.15, -0.1) is 0 Å². The summed E-state index contributed by atoms with van der Waals surface area (Å²) in [6.45, 7) is 0.0711. The first-order valence-electron chi connectivity index (χ1n) is 5.42. The van der Waals surface area contributed by atoms with E-state index in [-0.39, 0.29) is 22.7 Å². The Balaban J connectivity index is 2.44. The highest BCUT2D eigenvalue weighted by atomic mass is 35.5. The highest BCUT2D eigenvalue weighted by Crippen LogP contribution is 2.15. The summed E-state index contributed by atoms with van der Waals surface area (Å²) in [4.78, 5) is 12.1. The summed E-state index contributed by atoms with van der Waals surface area (Å²) in [6, 6.07) is 7.37. The van der Waals surface area contributed by atoms with Crippen molar-refractivity contribution < 1.29 is 4.39 Å². The molecule has 6 heteroatoms. The first-order chi connectivity index (χ1) is 8.99. The standard InChI is InChI=1S/C13H10ClFN2OS/c14-9-3-4-11(15)8(6-9)7-17-5-1-2-10(12(16)19)13(17)18/h1-6H,7H2,(H2,16,19). The van der Waals surface area contributed by atoms with Crippen LogP contribution in [-0.4, -0.2) is 9.56 Å². The molecule has 0 radical (unpaired) electrons. The van der Waals surface area contributed by atoms with Gasteiger partial charge >= 0.3 is 0 Å². The van der Waals surface area contributed by atoms with Gasteiger partial charge in [-0.3, -0.25) is 4.79 Å². The Morgan fingerprint density at radius 2 is 2.16 bits per heavy atom. The van der Waals surface area contributed by atoms with E-state index in [9.17, 15) is 9.18 Å². The van der Waals surface area contributed by atoms with E-state index in [0.717, 1.165) is 0 Å². The monoisotopic (exact) mass is 296 g/mol. The fourth-order valence-corrected chi connectivity index (χ4v) is 2.05. The van der Waals surface area contributed by atoms with Gasteiger partial charge in [0.1, 0.15) is 10.8 Å². The van der Waals surface area contributed by atoms with Gasteiger partial charge in [-0.1, -0.05) is 23.8 Å². The van der Waals surface area contributed by atoms with Gasteiger partial charge in [-0.2, -0.15) is 0 Å². The molecule has 0 saturated heterocycles. The van der Waals surface area contributed by atoms with Gasteiger partial charge in [0.05, 0.1) is 12.1 Å². The van der Waals surface area contributed by atoms with Crippen molar-refractivity contribution in [2.75, 3.05) is 0 Å². The van der Waals surface area contributed by atoms with Gasteiger partial charge in [0.15, 0.2) is 0 Å². The average Bonchev–Trinajstić information content (AvgIpc) is 2.36. The summed E-state index contributed by atoms with van der Waals surface area (Å²) in [7, 11) is 0. The first kappa shape index (κ1) is 13.7. The molecule has 0 atom stereocenters. The Labute approximate surface area is 119 Å². The van der Waals surface area contributed by atoms with Crippen molar-refractivity contribution >= 4 is 28.8 Å². The van der Waals surface area contributed by atoms with Gasteiger partial charge in [0.2, 0.25) is 0 Å². The van der Waals surface area contributed by atoms with E-state index in [1.54, 1.807) is 12.3 Å². The number of nitrogens with two attached hydrogens (primary N) is 1. The molecule has 2 N–H and O–H groups in total. The van der Waals surface area contributed by atoms with Crippen molar-refractivity contribution in [1.82, 2.24) is 4.57 Å². The molecular weight excluding hydrogens is 287 g/mol. The van der Waals surface area contributed by atoms with Crippen LogP contribution in [0.2, 0.25) is 5.02 Å². The van der Waals surface area contributed by atoms with Crippen LogP contribution in [0.5, 0.6) is 0 Å². The van der Waals surface area contributed by atoms with Crippen molar-refractivity contribution in [2.45, 2.75) is 6.54 Å². The van der Waals surface area contributed by atoms with E-state index in [2.05, 4.69) is 0 Å². The molecular formula is C13H10ClFN2OS. The fourth-order valence-electron chi connectivity index (χ4n) is 1.70. The largest absolute Gasteiger partial charge is 0.389 e. The Kier molecular flexibility index (Phi) is 3.97. The molecule has 1 heterocycles. The second kappa shape index (κ2) is 5.50. The van der Waals surface area contributed by atoms with Crippen LogP contribution in [0.25, 0.3) is 0 Å². The maximum atomic E-state index is 13.6. The number of halogens is 2. The van der Waals surface area contributed by atoms with Gasteiger partial charge in [-0.25, -0.2) is 4.39 Å². The van der Waals surface area contributed by atoms with E-state index >= 15 is 0 Å². The number of hydrogen-bond donors (Lipinski definition) is 1. The number of rotatable bonds is 3. The summed E-state index contributed by atoms with van der Waals surface area (Å²) in [5.74, 6) is -0.419. The van der Waals surface area contributed by atoms with Crippen LogP contribution in [0.15, 0.2) is 41.3 Å². The van der Waals surface area contributed by atoms with Crippen LogP contribution in [0, 0.1) is 5.82 Å². The number of thiocarbonyl (C=S) groups is 1. The minimum atomic E-state index is -0.419. The maximum absolute atomic E-state index is 13.6. The molecule has 0 fully saturated rings. The number of aromatic nitrogens is 1. The van der Waals surface area contributed by atoms with E-state index < -0.39 is 5.82 Å². The molecule has 1 aromatic heterocycles. The number of nitrogens with zero attached hydrogens (tertiary/aromatic N) is 1. The highest BCUT2D eigenvalue weighted by molar-refractivity contribution is 7.80. The molecule has 1 aromatic carbocycles. The van der Waals surface area contributed by atoms with Crippen LogP contribution >= 0.6 is 23.8 Å². The third-order valence-corrected chi connectivity index (χ3v) is 3.09. The van der Waals surface area contributed by atoms with Crippen LogP contribution in [0.3, 0.4) is 0 Å². The van der Waals surface area contributed by atoms with Crippen molar-refractivity contribution in [2.24, 2.45) is 5.73 Å². The third-order valence-electron chi connectivity index (χ3n) is 2.63. The summed E-state index contributed by atoms with van der Waals surface area (Å²) in [5.41, 5.74) is 5.67. The van der Waals surface area contributed by atoms with E-state index in [1.165, 1.54) is 28.8 Å². The maximum Gasteiger partial charge on any atom is 0.261 e. The van der Waals surface area contributed by atoms with E-state index in [4.69, 9.17) is 29.6 Å². The summed E-state index contributed by atoms with van der Waals surface area (Å²) < 4.78 is 15.0. The van der Waals surface area contributed by atoms with Crippen LogP contribution < -0.4 is 11.3 Å². The lowest BCUT2D eigenvalue weighted by Crippen LogP contribution is -2.28. The Hall–Kier alpha value is -1.72. The predicted molar refractivity (Wildman–Crippen MR) is 77.1 cm³/mol. The van der Waals surface area contributed by atoms with Gasteiger partial charge < -0.3 is 10.3 Å². The summed E-state index contributed by atoms with van der Waals surface area (Å²) >= 11 is 10.6. The van der Waals surface area contributed by atoms with Crippen molar-refractivity contribution in [3.8, 4) is 0 Å². The zero-order valence-corrected chi connectivity index (χ0v) is 11.3. The van der Waals surface area contributed by atoms with E-state index in [1.807, 2.05) is 0 Å². The van der Waals surface area contributed by atoms with E-state index in [0.29, 0.717) is 10.6 Å². The Bertz CT molecular complexity index is 699. The second-order valence-electron chi connectivity index (χ2n) is 3.95. The first-order valence-corrected chi connectivity index (χ1v) is 6.21. The lowest BCUT2D eigenvalue weighted by atomic mass is 10.2. The molecule has 0 amide bonds. The Morgan fingerprint density at radius 1 is 1.42 bits per heavy atom. The predicted octanol–water partition coefficient (Wildman–Crippen LogP) is 2.32. The smallest absolute Gasteiger partial charge is 0.261 e. The molecule has 0 aliphatic carbocycles. The molecule has 2 aromatic rings. The van der Waals surface area contributed by atoms with Crippen molar-refractivity contribution in [3.05, 3.63) is 68.8 Å². The molecule has 98 valence electrons. The zero-order valence-electron chi connectivity index (χ0n) is 9.77. The molecule has 0 unspecified atom stereocenters. The molecule has 0 bridgehead atoms. The van der Waals surface area contributed by atoms with Crippen LogP contribution in [0.1, 0.15) is 11.1 Å². The van der Waals surface area contributed by atoms with Crippen LogP contribution in [-0.2, 0) is 6.54 Å². The molecule has 0 aliphatic rings. The quantitative estimate of drug-likeness (QED) is 0.884.